The molecule has 4 rings (SSSR count). The van der Waals surface area contributed by atoms with E-state index in [0.29, 0.717) is 16.9 Å². The lowest BCUT2D eigenvalue weighted by Crippen LogP contribution is -2.10. The second kappa shape index (κ2) is 7.52. The molecule has 0 fully saturated rings. The number of hydrogen-bond acceptors (Lipinski definition) is 4. The van der Waals surface area contributed by atoms with Gasteiger partial charge in [0.05, 0.1) is 17.9 Å². The zero-order chi connectivity index (χ0) is 20.0. The molecule has 7 heteroatoms. The number of amides is 1. The summed E-state index contributed by atoms with van der Waals surface area (Å²) in [4.78, 5) is 25.4. The van der Waals surface area contributed by atoms with Crippen LogP contribution in [0.15, 0.2) is 19.4 Å². The van der Waals surface area contributed by atoms with E-state index in [4.69, 9.17) is 9.15 Å². The first-order chi connectivity index (χ1) is 13.4. The SMILES string of the molecule is CCOC(=O)c1c(C=C2C(=O)Nc3c(Br)cc(Br)c(C)c32)oc2c1CCCC2. The fraction of sp³-hybridized carbons (Fsp3) is 0.333. The predicted octanol–water partition coefficient (Wildman–Crippen LogP) is 5.66. The van der Waals surface area contributed by atoms with E-state index in [-0.39, 0.29) is 12.5 Å². The number of hydrogen-bond donors (Lipinski definition) is 1. The molecule has 0 saturated heterocycles. The van der Waals surface area contributed by atoms with Crippen LogP contribution >= 0.6 is 31.9 Å². The van der Waals surface area contributed by atoms with Gasteiger partial charge in [-0.25, -0.2) is 4.79 Å². The molecule has 1 aromatic carbocycles. The van der Waals surface area contributed by atoms with Crippen molar-refractivity contribution in [3.05, 3.63) is 48.8 Å². The van der Waals surface area contributed by atoms with Crippen molar-refractivity contribution < 1.29 is 18.7 Å². The van der Waals surface area contributed by atoms with Gasteiger partial charge >= 0.3 is 5.97 Å². The Bertz CT molecular complexity index is 1040. The number of rotatable bonds is 3. The van der Waals surface area contributed by atoms with Crippen LogP contribution in [-0.4, -0.2) is 18.5 Å². The Kier molecular flexibility index (Phi) is 5.22. The standard InChI is InChI=1S/C21H19Br2NO4/c1-3-27-21(26)18-11-6-4-5-7-15(11)28-16(18)8-12-17-10(2)13(22)9-14(23)19(17)24-20(12)25/h8-9H,3-7H2,1-2H3,(H,24,25). The van der Waals surface area contributed by atoms with Crippen LogP contribution in [0.1, 0.15) is 58.3 Å². The number of ether oxygens (including phenoxy) is 1. The minimum Gasteiger partial charge on any atom is -0.462 e. The molecule has 0 bridgehead atoms. The molecule has 1 aliphatic heterocycles. The highest BCUT2D eigenvalue weighted by molar-refractivity contribution is 9.11. The molecular weight excluding hydrogens is 490 g/mol. The van der Waals surface area contributed by atoms with E-state index in [2.05, 4.69) is 37.2 Å². The van der Waals surface area contributed by atoms with Crippen molar-refractivity contribution in [2.24, 2.45) is 0 Å². The first-order valence-electron chi connectivity index (χ1n) is 9.26. The van der Waals surface area contributed by atoms with Gasteiger partial charge in [0.15, 0.2) is 0 Å². The first-order valence-corrected chi connectivity index (χ1v) is 10.8. The summed E-state index contributed by atoms with van der Waals surface area (Å²) in [7, 11) is 0. The molecule has 0 spiro atoms. The van der Waals surface area contributed by atoms with E-state index in [1.807, 2.05) is 13.0 Å². The van der Waals surface area contributed by atoms with E-state index in [1.165, 1.54) is 0 Å². The van der Waals surface area contributed by atoms with Crippen molar-refractivity contribution in [2.75, 3.05) is 11.9 Å². The zero-order valence-electron chi connectivity index (χ0n) is 15.6. The van der Waals surface area contributed by atoms with Gasteiger partial charge in [0.2, 0.25) is 0 Å². The highest BCUT2D eigenvalue weighted by Gasteiger charge is 2.32. The highest BCUT2D eigenvalue weighted by Crippen LogP contribution is 2.44. The number of carbonyl (C=O) groups is 2. The van der Waals surface area contributed by atoms with Crippen LogP contribution < -0.4 is 5.32 Å². The van der Waals surface area contributed by atoms with Gasteiger partial charge in [-0.15, -0.1) is 0 Å². The first kappa shape index (κ1) is 19.5. The van der Waals surface area contributed by atoms with Crippen molar-refractivity contribution in [3.8, 4) is 0 Å². The molecule has 0 unspecified atom stereocenters. The molecule has 1 aromatic heterocycles. The maximum atomic E-state index is 12.7. The number of benzene rings is 1. The fourth-order valence-electron chi connectivity index (χ4n) is 3.86. The third kappa shape index (κ3) is 3.14. The number of nitrogens with one attached hydrogen (secondary N) is 1. The molecule has 2 heterocycles. The lowest BCUT2D eigenvalue weighted by molar-refractivity contribution is -0.110. The molecule has 2 aromatic rings. The molecule has 0 radical (unpaired) electrons. The van der Waals surface area contributed by atoms with E-state index in [9.17, 15) is 9.59 Å². The Morgan fingerprint density at radius 2 is 2.04 bits per heavy atom. The lowest BCUT2D eigenvalue weighted by atomic mass is 9.94. The van der Waals surface area contributed by atoms with Crippen LogP contribution in [-0.2, 0) is 22.4 Å². The molecule has 0 atom stereocenters. The average molecular weight is 509 g/mol. The minimum absolute atomic E-state index is 0.221. The lowest BCUT2D eigenvalue weighted by Gasteiger charge is -2.10. The normalized spacial score (nSPS) is 16.7. The molecule has 146 valence electrons. The quantitative estimate of drug-likeness (QED) is 0.429. The second-order valence-electron chi connectivity index (χ2n) is 6.90. The van der Waals surface area contributed by atoms with Crippen LogP contribution in [0.2, 0.25) is 0 Å². The van der Waals surface area contributed by atoms with Crippen molar-refractivity contribution in [2.45, 2.75) is 39.5 Å². The maximum absolute atomic E-state index is 12.7. The van der Waals surface area contributed by atoms with Crippen molar-refractivity contribution in [1.29, 1.82) is 0 Å². The molecule has 0 saturated carbocycles. The summed E-state index contributed by atoms with van der Waals surface area (Å²) in [5, 5.41) is 2.91. The summed E-state index contributed by atoms with van der Waals surface area (Å²) in [6.07, 6.45) is 5.30. The number of esters is 1. The molecule has 2 aliphatic rings. The summed E-state index contributed by atoms with van der Waals surface area (Å²) in [6, 6.07) is 1.91. The number of fused-ring (bicyclic) bond motifs is 2. The highest BCUT2D eigenvalue weighted by atomic mass is 79.9. The van der Waals surface area contributed by atoms with Gasteiger partial charge in [-0.2, -0.15) is 0 Å². The van der Waals surface area contributed by atoms with Gasteiger partial charge in [0, 0.05) is 26.5 Å². The van der Waals surface area contributed by atoms with E-state index >= 15 is 0 Å². The Morgan fingerprint density at radius 1 is 1.29 bits per heavy atom. The summed E-state index contributed by atoms with van der Waals surface area (Å²) >= 11 is 7.05. The number of anilines is 1. The van der Waals surface area contributed by atoms with Crippen LogP contribution in [0.3, 0.4) is 0 Å². The molecule has 5 nitrogen and oxygen atoms in total. The Morgan fingerprint density at radius 3 is 2.79 bits per heavy atom. The number of halogens is 2. The van der Waals surface area contributed by atoms with Gasteiger partial charge in [-0.05, 0) is 66.7 Å². The molecule has 28 heavy (non-hydrogen) atoms. The molecule has 1 aliphatic carbocycles. The average Bonchev–Trinajstić information content (AvgIpc) is 3.18. The molecule has 1 amide bonds. The number of aryl methyl sites for hydroxylation is 1. The van der Waals surface area contributed by atoms with Crippen LogP contribution in [0.25, 0.3) is 11.6 Å². The smallest absolute Gasteiger partial charge is 0.342 e. The topological polar surface area (TPSA) is 68.5 Å². The third-order valence-electron chi connectivity index (χ3n) is 5.18. The fourth-order valence-corrected chi connectivity index (χ4v) is 5.12. The van der Waals surface area contributed by atoms with Gasteiger partial charge < -0.3 is 14.5 Å². The van der Waals surface area contributed by atoms with Crippen LogP contribution in [0.4, 0.5) is 5.69 Å². The van der Waals surface area contributed by atoms with Gasteiger partial charge in [0.1, 0.15) is 17.1 Å². The Balaban J connectivity index is 1.91. The van der Waals surface area contributed by atoms with Gasteiger partial charge in [-0.3, -0.25) is 4.79 Å². The summed E-state index contributed by atoms with van der Waals surface area (Å²) in [5.41, 5.74) is 4.32. The van der Waals surface area contributed by atoms with E-state index in [0.717, 1.165) is 62.8 Å². The van der Waals surface area contributed by atoms with Crippen LogP contribution in [0, 0.1) is 6.92 Å². The largest absolute Gasteiger partial charge is 0.462 e. The maximum Gasteiger partial charge on any atom is 0.342 e. The predicted molar refractivity (Wildman–Crippen MR) is 114 cm³/mol. The second-order valence-corrected chi connectivity index (χ2v) is 8.61. The van der Waals surface area contributed by atoms with Gasteiger partial charge in [0.25, 0.3) is 5.91 Å². The molecule has 1 N–H and O–H groups in total. The van der Waals surface area contributed by atoms with Crippen molar-refractivity contribution >= 4 is 61.1 Å². The molecular formula is C21H19Br2NO4. The zero-order valence-corrected chi connectivity index (χ0v) is 18.8. The summed E-state index contributed by atoms with van der Waals surface area (Å²) in [5.74, 6) is 0.610. The number of carbonyl (C=O) groups excluding carboxylic acids is 2. The summed E-state index contributed by atoms with van der Waals surface area (Å²) in [6.45, 7) is 4.02. The Labute approximate surface area is 179 Å². The summed E-state index contributed by atoms with van der Waals surface area (Å²) < 4.78 is 13.0. The van der Waals surface area contributed by atoms with Gasteiger partial charge in [-0.1, -0.05) is 15.9 Å². The third-order valence-corrected chi connectivity index (χ3v) is 6.63. The number of furan rings is 1. The minimum atomic E-state index is -0.396. The van der Waals surface area contributed by atoms with Crippen molar-refractivity contribution in [3.63, 3.8) is 0 Å². The van der Waals surface area contributed by atoms with Crippen LogP contribution in [0.5, 0.6) is 0 Å². The monoisotopic (exact) mass is 507 g/mol. The van der Waals surface area contributed by atoms with E-state index in [1.54, 1.807) is 13.0 Å². The Hall–Kier alpha value is -1.86. The van der Waals surface area contributed by atoms with E-state index < -0.39 is 5.97 Å². The van der Waals surface area contributed by atoms with Crippen molar-refractivity contribution in [1.82, 2.24) is 0 Å².